The van der Waals surface area contributed by atoms with E-state index in [1.807, 2.05) is 12.3 Å². The number of thiazole rings is 1. The second-order valence-electron chi connectivity index (χ2n) is 3.72. The second-order valence-corrected chi connectivity index (χ2v) is 6.17. The predicted molar refractivity (Wildman–Crippen MR) is 68.8 cm³/mol. The van der Waals surface area contributed by atoms with Gasteiger partial charge >= 0.3 is 5.97 Å². The van der Waals surface area contributed by atoms with E-state index in [1.54, 1.807) is 0 Å². The average Bonchev–Trinajstić information content (AvgIpc) is 2.62. The summed E-state index contributed by atoms with van der Waals surface area (Å²) in [6.07, 6.45) is 0. The maximum absolute atomic E-state index is 11.8. The Hall–Kier alpha value is -1.28. The minimum atomic E-state index is -1.37. The molecule has 0 aliphatic carbocycles. The van der Waals surface area contributed by atoms with Crippen LogP contribution in [0.2, 0.25) is 0 Å². The van der Waals surface area contributed by atoms with E-state index in [0.717, 1.165) is 5.69 Å². The zero-order valence-electron chi connectivity index (χ0n) is 10.0. The third-order valence-corrected chi connectivity index (χ3v) is 4.43. The maximum Gasteiger partial charge on any atom is 0.327 e. The van der Waals surface area contributed by atoms with Crippen LogP contribution in [0.1, 0.15) is 17.6 Å². The van der Waals surface area contributed by atoms with Crippen molar-refractivity contribution >= 4 is 34.0 Å². The van der Waals surface area contributed by atoms with Crippen molar-refractivity contribution in [2.45, 2.75) is 25.6 Å². The number of nitrogens with zero attached hydrogens (tertiary/aromatic N) is 1. The average molecular weight is 290 g/mol. The summed E-state index contributed by atoms with van der Waals surface area (Å²) in [5, 5.41) is 13.7. The topological polar surface area (TPSA) is 96.4 Å². The van der Waals surface area contributed by atoms with Gasteiger partial charge in [0.25, 0.3) is 0 Å². The molecule has 2 N–H and O–H groups in total. The number of aromatic nitrogens is 1. The summed E-state index contributed by atoms with van der Waals surface area (Å²) in [5.41, 5.74) is 0.851. The van der Waals surface area contributed by atoms with Crippen molar-refractivity contribution in [1.29, 1.82) is 0 Å². The van der Waals surface area contributed by atoms with Gasteiger partial charge in [-0.15, -0.1) is 11.3 Å². The van der Waals surface area contributed by atoms with Crippen molar-refractivity contribution in [3.8, 4) is 0 Å². The van der Waals surface area contributed by atoms with Crippen molar-refractivity contribution in [1.82, 2.24) is 10.3 Å². The third kappa shape index (κ3) is 4.92. The van der Waals surface area contributed by atoms with Gasteiger partial charge in [0.2, 0.25) is 5.91 Å². The van der Waals surface area contributed by atoms with Gasteiger partial charge in [-0.3, -0.25) is 9.00 Å². The molecule has 6 nitrogen and oxygen atoms in total. The van der Waals surface area contributed by atoms with E-state index in [-0.39, 0.29) is 11.5 Å². The van der Waals surface area contributed by atoms with Crippen LogP contribution in [0.5, 0.6) is 0 Å². The summed E-state index contributed by atoms with van der Waals surface area (Å²) in [6.45, 7) is 3.06. The minimum absolute atomic E-state index is 0.118. The summed E-state index contributed by atoms with van der Waals surface area (Å²) >= 11 is 1.39. The first-order chi connectivity index (χ1) is 8.38. The molecule has 0 bridgehead atoms. The summed E-state index contributed by atoms with van der Waals surface area (Å²) in [6, 6.07) is -1.12. The summed E-state index contributed by atoms with van der Waals surface area (Å²) in [7, 11) is -1.37. The van der Waals surface area contributed by atoms with Crippen molar-refractivity contribution in [3.63, 3.8) is 0 Å². The molecule has 8 heteroatoms. The van der Waals surface area contributed by atoms with Crippen molar-refractivity contribution in [3.05, 3.63) is 16.1 Å². The first kappa shape index (κ1) is 14.8. The standard InChI is InChI=1S/C10H14N2O4S2/c1-6-3-17-9(11-6)5-18(16)4-8(10(14)15)12-7(2)13/h3,8H,4-5H2,1-2H3,(H,12,13)(H,14,15). The van der Waals surface area contributed by atoms with Crippen LogP contribution in [0.4, 0.5) is 0 Å². The largest absolute Gasteiger partial charge is 0.480 e. The molecule has 1 aromatic heterocycles. The Balaban J connectivity index is 2.56. The molecule has 0 aliphatic rings. The lowest BCUT2D eigenvalue weighted by Crippen LogP contribution is -2.43. The Kier molecular flexibility index (Phi) is 5.42. The molecule has 0 fully saturated rings. The third-order valence-electron chi connectivity index (χ3n) is 1.98. The number of nitrogens with one attached hydrogen (secondary N) is 1. The predicted octanol–water partition coefficient (Wildman–Crippen LogP) is 0.290. The number of aryl methyl sites for hydroxylation is 1. The van der Waals surface area contributed by atoms with Gasteiger partial charge in [0.1, 0.15) is 11.0 Å². The molecule has 0 radical (unpaired) electrons. The first-order valence-corrected chi connectivity index (χ1v) is 7.51. The normalized spacial score (nSPS) is 13.9. The summed E-state index contributed by atoms with van der Waals surface area (Å²) in [5.74, 6) is -1.55. The molecule has 1 amide bonds. The summed E-state index contributed by atoms with van der Waals surface area (Å²) < 4.78 is 11.8. The lowest BCUT2D eigenvalue weighted by molar-refractivity contribution is -0.140. The number of aliphatic carboxylic acids is 1. The van der Waals surface area contributed by atoms with E-state index >= 15 is 0 Å². The Morgan fingerprint density at radius 3 is 2.72 bits per heavy atom. The molecule has 2 atom stereocenters. The molecule has 1 heterocycles. The molecule has 0 saturated carbocycles. The smallest absolute Gasteiger partial charge is 0.327 e. The van der Waals surface area contributed by atoms with E-state index < -0.39 is 28.7 Å². The van der Waals surface area contributed by atoms with Crippen molar-refractivity contribution in [2.75, 3.05) is 5.75 Å². The van der Waals surface area contributed by atoms with Crippen molar-refractivity contribution in [2.24, 2.45) is 0 Å². The molecule has 1 aromatic rings. The fraction of sp³-hybridized carbons (Fsp3) is 0.500. The molecular formula is C10H14N2O4S2. The molecule has 0 aliphatic heterocycles. The Labute approximate surface area is 111 Å². The van der Waals surface area contributed by atoms with Crippen LogP contribution >= 0.6 is 11.3 Å². The number of carboxylic acids is 1. The molecule has 2 unspecified atom stereocenters. The highest BCUT2D eigenvalue weighted by Crippen LogP contribution is 2.11. The van der Waals surface area contributed by atoms with Gasteiger partial charge < -0.3 is 10.4 Å². The number of amides is 1. The van der Waals surface area contributed by atoms with Crippen LogP contribution in [0.15, 0.2) is 5.38 Å². The van der Waals surface area contributed by atoms with Gasteiger partial charge in [-0.1, -0.05) is 0 Å². The number of hydrogen-bond acceptors (Lipinski definition) is 5. The number of carbonyl (C=O) groups excluding carboxylic acids is 1. The van der Waals surface area contributed by atoms with E-state index in [1.165, 1.54) is 18.3 Å². The number of carboxylic acid groups (broad SMARTS) is 1. The molecule has 0 spiro atoms. The monoisotopic (exact) mass is 290 g/mol. The van der Waals surface area contributed by atoms with Gasteiger partial charge in [0, 0.05) is 28.8 Å². The molecule has 100 valence electrons. The minimum Gasteiger partial charge on any atom is -0.480 e. The maximum atomic E-state index is 11.8. The zero-order chi connectivity index (χ0) is 13.7. The van der Waals surface area contributed by atoms with Crippen molar-refractivity contribution < 1.29 is 18.9 Å². The Morgan fingerprint density at radius 2 is 2.28 bits per heavy atom. The molecule has 1 rings (SSSR count). The first-order valence-electron chi connectivity index (χ1n) is 5.14. The van der Waals surface area contributed by atoms with Crippen LogP contribution in [-0.2, 0) is 26.1 Å². The SMILES string of the molecule is CC(=O)NC(CS(=O)Cc1nc(C)cs1)C(=O)O. The molecular weight excluding hydrogens is 276 g/mol. The van der Waals surface area contributed by atoms with E-state index in [9.17, 15) is 13.8 Å². The van der Waals surface area contributed by atoms with E-state index in [0.29, 0.717) is 5.01 Å². The van der Waals surface area contributed by atoms with Gasteiger partial charge in [0.05, 0.1) is 11.5 Å². The molecule has 0 saturated heterocycles. The lowest BCUT2D eigenvalue weighted by Gasteiger charge is -2.12. The van der Waals surface area contributed by atoms with Gasteiger partial charge in [0.15, 0.2) is 0 Å². The fourth-order valence-corrected chi connectivity index (χ4v) is 3.55. The lowest BCUT2D eigenvalue weighted by atomic mass is 10.3. The fourth-order valence-electron chi connectivity index (χ4n) is 1.27. The van der Waals surface area contributed by atoms with Crippen LogP contribution < -0.4 is 5.32 Å². The highest BCUT2D eigenvalue weighted by molar-refractivity contribution is 7.84. The Bertz CT molecular complexity index is 472. The van der Waals surface area contributed by atoms with Crippen LogP contribution in [0.3, 0.4) is 0 Å². The number of carbonyl (C=O) groups is 2. The van der Waals surface area contributed by atoms with E-state index in [4.69, 9.17) is 5.11 Å². The second kappa shape index (κ2) is 6.60. The highest BCUT2D eigenvalue weighted by Gasteiger charge is 2.21. The van der Waals surface area contributed by atoms with Crippen LogP contribution in [0.25, 0.3) is 0 Å². The van der Waals surface area contributed by atoms with Crippen LogP contribution in [-0.4, -0.2) is 38.0 Å². The highest BCUT2D eigenvalue weighted by atomic mass is 32.2. The van der Waals surface area contributed by atoms with E-state index in [2.05, 4.69) is 10.3 Å². The van der Waals surface area contributed by atoms with Crippen LogP contribution in [0, 0.1) is 6.92 Å². The quantitative estimate of drug-likeness (QED) is 0.785. The summed E-state index contributed by atoms with van der Waals surface area (Å²) in [4.78, 5) is 25.8. The number of rotatable bonds is 6. The molecule has 18 heavy (non-hydrogen) atoms. The molecule has 0 aromatic carbocycles. The number of hydrogen-bond donors (Lipinski definition) is 2. The Morgan fingerprint density at radius 1 is 1.61 bits per heavy atom. The zero-order valence-corrected chi connectivity index (χ0v) is 11.6. The van der Waals surface area contributed by atoms with Gasteiger partial charge in [-0.25, -0.2) is 9.78 Å². The van der Waals surface area contributed by atoms with Gasteiger partial charge in [-0.2, -0.15) is 0 Å². The van der Waals surface area contributed by atoms with Gasteiger partial charge in [-0.05, 0) is 6.92 Å².